The molecule has 2 rings (SSSR count). The van der Waals surface area contributed by atoms with Crippen molar-refractivity contribution >= 4 is 28.2 Å². The maximum atomic E-state index is 13.6. The molecule has 0 aromatic heterocycles. The molecule has 0 aliphatic rings. The number of aliphatic hydroxyl groups excluding tert-OH is 1. The lowest BCUT2D eigenvalue weighted by Gasteiger charge is -2.31. The first-order valence-corrected chi connectivity index (χ1v) is 14.4. The molecule has 2 aromatic carbocycles. The lowest BCUT2D eigenvalue weighted by Crippen LogP contribution is -2.55. The molecule has 1 unspecified atom stereocenters. The first-order chi connectivity index (χ1) is 19.0. The fraction of sp³-hybridized carbons (Fsp3) is 0.444. The van der Waals surface area contributed by atoms with Crippen LogP contribution in [0, 0.1) is 5.92 Å². The Kier molecular flexibility index (Phi) is 13.0. The normalized spacial score (nSPS) is 14.2. The predicted octanol–water partition coefficient (Wildman–Crippen LogP) is 1.60. The molecule has 2 aromatic rings. The highest BCUT2D eigenvalue weighted by Crippen LogP contribution is 2.20. The number of sulfonamides is 1. The van der Waals surface area contributed by atoms with Crippen molar-refractivity contribution in [1.29, 1.82) is 0 Å². The van der Waals surface area contributed by atoms with E-state index in [9.17, 15) is 28.2 Å². The smallest absolute Gasteiger partial charge is 0.405 e. The number of hydrogen-bond donors (Lipinski definition) is 6. The summed E-state index contributed by atoms with van der Waals surface area (Å²) in [5.41, 5.74) is 6.83. The van der Waals surface area contributed by atoms with Crippen LogP contribution in [0.1, 0.15) is 37.8 Å². The van der Waals surface area contributed by atoms with Gasteiger partial charge in [0.05, 0.1) is 23.3 Å². The third-order valence-corrected chi connectivity index (χ3v) is 7.93. The molecule has 0 fully saturated rings. The van der Waals surface area contributed by atoms with Crippen LogP contribution in [-0.4, -0.2) is 84.2 Å². The fourth-order valence-corrected chi connectivity index (χ4v) is 5.75. The van der Waals surface area contributed by atoms with Gasteiger partial charge in [-0.3, -0.25) is 4.79 Å². The monoisotopic (exact) mass is 577 g/mol. The topological polar surface area (TPSA) is 195 Å². The Hall–Kier alpha value is -3.52. The second-order valence-electron chi connectivity index (χ2n) is 9.83. The van der Waals surface area contributed by atoms with Crippen LogP contribution in [-0.2, 0) is 21.2 Å². The molecule has 220 valence electrons. The van der Waals surface area contributed by atoms with Gasteiger partial charge in [0, 0.05) is 13.1 Å². The van der Waals surface area contributed by atoms with Gasteiger partial charge in [-0.1, -0.05) is 61.5 Å². The third kappa shape index (κ3) is 10.2. The van der Waals surface area contributed by atoms with E-state index >= 15 is 0 Å². The summed E-state index contributed by atoms with van der Waals surface area (Å²) in [4.78, 5) is 24.4. The van der Waals surface area contributed by atoms with Crippen LogP contribution in [0.2, 0.25) is 0 Å². The molecule has 40 heavy (non-hydrogen) atoms. The van der Waals surface area contributed by atoms with E-state index in [1.54, 1.807) is 12.1 Å². The number of nitrogens with one attached hydrogen (secondary N) is 2. The van der Waals surface area contributed by atoms with Crippen LogP contribution >= 0.6 is 0 Å². The van der Waals surface area contributed by atoms with Crippen molar-refractivity contribution in [3.8, 4) is 0 Å². The number of carbonyl (C=O) groups is 2. The number of amides is 2. The minimum atomic E-state index is -4.05. The van der Waals surface area contributed by atoms with E-state index in [0.717, 1.165) is 5.56 Å². The lowest BCUT2D eigenvalue weighted by atomic mass is 10.00. The molecule has 7 N–H and O–H groups in total. The zero-order valence-corrected chi connectivity index (χ0v) is 23.5. The summed E-state index contributed by atoms with van der Waals surface area (Å²) < 4.78 is 28.3. The van der Waals surface area contributed by atoms with Gasteiger partial charge >= 0.3 is 6.09 Å². The summed E-state index contributed by atoms with van der Waals surface area (Å²) in [6, 6.07) is 12.8. The van der Waals surface area contributed by atoms with Crippen LogP contribution in [0.25, 0.3) is 0 Å². The largest absolute Gasteiger partial charge is 0.465 e. The van der Waals surface area contributed by atoms with Crippen molar-refractivity contribution in [2.45, 2.75) is 56.2 Å². The number of hydrogen-bond acceptors (Lipinski definition) is 8. The van der Waals surface area contributed by atoms with Crippen LogP contribution < -0.4 is 16.4 Å². The predicted molar refractivity (Wildman–Crippen MR) is 151 cm³/mol. The Morgan fingerprint density at radius 3 is 2.25 bits per heavy atom. The maximum Gasteiger partial charge on any atom is 0.405 e. The van der Waals surface area contributed by atoms with E-state index in [0.29, 0.717) is 12.0 Å². The van der Waals surface area contributed by atoms with E-state index in [4.69, 9.17) is 10.9 Å². The summed E-state index contributed by atoms with van der Waals surface area (Å²) in [5.74, 6) is -0.722. The number of rotatable bonds is 16. The highest BCUT2D eigenvalue weighted by atomic mass is 32.2. The van der Waals surface area contributed by atoms with Gasteiger partial charge in [0.2, 0.25) is 15.9 Å². The van der Waals surface area contributed by atoms with Gasteiger partial charge in [-0.15, -0.1) is 0 Å². The Labute approximate surface area is 234 Å². The maximum absolute atomic E-state index is 13.6. The molecular formula is C27H39N5O7S. The van der Waals surface area contributed by atoms with Crippen molar-refractivity contribution in [3.05, 3.63) is 65.7 Å². The minimum absolute atomic E-state index is 0.00779. The summed E-state index contributed by atoms with van der Waals surface area (Å²) in [7, 11) is -4.05. The average Bonchev–Trinajstić information content (AvgIpc) is 2.90. The highest BCUT2D eigenvalue weighted by Gasteiger charge is 2.32. The summed E-state index contributed by atoms with van der Waals surface area (Å²) in [5, 5.41) is 37.1. The quantitative estimate of drug-likeness (QED) is 0.0983. The van der Waals surface area contributed by atoms with Crippen molar-refractivity contribution in [2.24, 2.45) is 16.8 Å². The average molecular weight is 578 g/mol. The number of oxime groups is 1. The minimum Gasteiger partial charge on any atom is -0.465 e. The standard InChI is InChI=1S/C27H39N5O7S/c1-19(2)17-32(40(38,39)22-12-10-21(11-13-22)16-29-37)18-25(33)24(15-20-7-4-3-5-8-20)30-26(34)23(9-6-14-28)31-27(35)36/h3-5,7-8,10-13,16,19,23-25,31,33,37H,6,9,14-15,17-18,28H2,1-2H3,(H,30,34)(H,35,36)/t23?,24-,25+/m0/s1. The van der Waals surface area contributed by atoms with E-state index in [2.05, 4.69) is 15.8 Å². The van der Waals surface area contributed by atoms with E-state index < -0.39 is 40.2 Å². The number of nitrogens with zero attached hydrogens (tertiary/aromatic N) is 2. The molecule has 0 bridgehead atoms. The molecule has 0 radical (unpaired) electrons. The third-order valence-electron chi connectivity index (χ3n) is 6.09. The number of nitrogens with two attached hydrogens (primary N) is 1. The molecule has 0 saturated carbocycles. The second kappa shape index (κ2) is 15.9. The Morgan fingerprint density at radius 2 is 1.70 bits per heavy atom. The lowest BCUT2D eigenvalue weighted by molar-refractivity contribution is -0.124. The first kappa shape index (κ1) is 32.7. The SMILES string of the molecule is CC(C)CN(C[C@@H](O)[C@H](Cc1ccccc1)NC(=O)C(CCCN)NC(=O)O)S(=O)(=O)c1ccc(C=NO)cc1. The number of carbonyl (C=O) groups excluding carboxylic acids is 1. The molecular weight excluding hydrogens is 538 g/mol. The van der Waals surface area contributed by atoms with Crippen molar-refractivity contribution in [2.75, 3.05) is 19.6 Å². The fourth-order valence-electron chi connectivity index (χ4n) is 4.13. The van der Waals surface area contributed by atoms with Gasteiger partial charge in [-0.05, 0) is 55.0 Å². The van der Waals surface area contributed by atoms with Crippen molar-refractivity contribution < 1.29 is 33.4 Å². The van der Waals surface area contributed by atoms with E-state index in [1.165, 1.54) is 34.8 Å². The van der Waals surface area contributed by atoms with Gasteiger partial charge < -0.3 is 31.8 Å². The van der Waals surface area contributed by atoms with E-state index in [-0.39, 0.29) is 43.3 Å². The van der Waals surface area contributed by atoms with Gasteiger partial charge in [-0.25, -0.2) is 13.2 Å². The molecule has 0 saturated heterocycles. The molecule has 0 aliphatic carbocycles. The van der Waals surface area contributed by atoms with Gasteiger partial charge in [-0.2, -0.15) is 4.31 Å². The molecule has 2 amide bonds. The second-order valence-corrected chi connectivity index (χ2v) is 11.8. The molecule has 0 spiro atoms. The van der Waals surface area contributed by atoms with Crippen molar-refractivity contribution in [3.63, 3.8) is 0 Å². The zero-order chi connectivity index (χ0) is 29.7. The van der Waals surface area contributed by atoms with Gasteiger partial charge in [0.1, 0.15) is 6.04 Å². The van der Waals surface area contributed by atoms with Crippen LogP contribution in [0.4, 0.5) is 4.79 Å². The van der Waals surface area contributed by atoms with Crippen LogP contribution in [0.5, 0.6) is 0 Å². The molecule has 0 aliphatic heterocycles. The van der Waals surface area contributed by atoms with Gasteiger partial charge in [0.15, 0.2) is 0 Å². The van der Waals surface area contributed by atoms with Crippen LogP contribution in [0.3, 0.4) is 0 Å². The Balaban J connectivity index is 2.36. The highest BCUT2D eigenvalue weighted by molar-refractivity contribution is 7.89. The molecule has 0 heterocycles. The number of benzene rings is 2. The van der Waals surface area contributed by atoms with Crippen molar-refractivity contribution in [1.82, 2.24) is 14.9 Å². The Bertz CT molecular complexity index is 1210. The summed E-state index contributed by atoms with van der Waals surface area (Å²) in [6.07, 6.45) is -0.805. The summed E-state index contributed by atoms with van der Waals surface area (Å²) in [6.45, 7) is 3.73. The number of aliphatic hydroxyl groups is 1. The molecule has 12 nitrogen and oxygen atoms in total. The zero-order valence-electron chi connectivity index (χ0n) is 22.7. The van der Waals surface area contributed by atoms with Gasteiger partial charge in [0.25, 0.3) is 0 Å². The first-order valence-electron chi connectivity index (χ1n) is 13.0. The van der Waals surface area contributed by atoms with E-state index in [1.807, 2.05) is 32.0 Å². The number of carboxylic acid groups (broad SMARTS) is 1. The Morgan fingerprint density at radius 1 is 1.05 bits per heavy atom. The van der Waals surface area contributed by atoms with Crippen LogP contribution in [0.15, 0.2) is 64.6 Å². The molecule has 13 heteroatoms. The summed E-state index contributed by atoms with van der Waals surface area (Å²) >= 11 is 0. The molecule has 3 atom stereocenters.